The van der Waals surface area contributed by atoms with E-state index in [1.165, 1.54) is 70.3 Å². The number of carbonyl (C=O) groups is 2. The number of nitrogens with one attached hydrogen (secondary N) is 2. The average molecular weight is 640 g/mol. The van der Waals surface area contributed by atoms with Crippen molar-refractivity contribution in [2.75, 3.05) is 29.6 Å². The molecule has 0 spiro atoms. The lowest BCUT2D eigenvalue weighted by Gasteiger charge is -2.16. The molecule has 0 heterocycles. The van der Waals surface area contributed by atoms with Gasteiger partial charge in [-0.15, -0.1) is 0 Å². The Balaban J connectivity index is 1.30. The van der Waals surface area contributed by atoms with Gasteiger partial charge in [-0.3, -0.25) is 9.59 Å². The fourth-order valence-electron chi connectivity index (χ4n) is 5.54. The number of hydrogen-bond acceptors (Lipinski definition) is 6. The van der Waals surface area contributed by atoms with Crippen molar-refractivity contribution < 1.29 is 24.2 Å². The first-order chi connectivity index (χ1) is 23.0. The molecule has 0 saturated carbocycles. The number of nitrogens with two attached hydrogens (primary N) is 1. The first-order valence-corrected chi connectivity index (χ1v) is 17.0. The second-order valence-electron chi connectivity index (χ2n) is 12.0. The molecule has 0 atom stereocenters. The zero-order valence-electron chi connectivity index (χ0n) is 27.6. The van der Waals surface area contributed by atoms with Gasteiger partial charge in [0, 0.05) is 22.1 Å². The fraction of sp³-hybridized carbons (Fsp3) is 0.385. The number of amides is 2. The molecule has 8 nitrogen and oxygen atoms in total. The van der Waals surface area contributed by atoms with Crippen molar-refractivity contribution in [1.29, 1.82) is 0 Å². The summed E-state index contributed by atoms with van der Waals surface area (Å²) < 4.78 is 11.9. The number of nitrogen functional groups attached to an aromatic ring is 1. The van der Waals surface area contributed by atoms with Crippen LogP contribution in [0.5, 0.6) is 17.2 Å². The summed E-state index contributed by atoms with van der Waals surface area (Å²) in [6, 6.07) is 22.6. The van der Waals surface area contributed by atoms with Gasteiger partial charge in [-0.25, -0.2) is 0 Å². The molecule has 0 bridgehead atoms. The minimum atomic E-state index is -0.522. The Kier molecular flexibility index (Phi) is 14.2. The van der Waals surface area contributed by atoms with Gasteiger partial charge < -0.3 is 30.9 Å². The summed E-state index contributed by atoms with van der Waals surface area (Å²) in [6.45, 7) is 2.52. The molecular formula is C39H49N3O5. The molecule has 8 heteroatoms. The first-order valence-electron chi connectivity index (χ1n) is 17.0. The molecule has 0 fully saturated rings. The lowest BCUT2D eigenvalue weighted by atomic mass is 10.0. The second-order valence-corrected chi connectivity index (χ2v) is 12.0. The molecule has 2 amide bonds. The van der Waals surface area contributed by atoms with Gasteiger partial charge in [-0.05, 0) is 48.9 Å². The minimum absolute atomic E-state index is 0.0217. The number of phenolic OH excluding ortho intramolecular Hbond substituents is 1. The number of aromatic hydroxyl groups is 1. The van der Waals surface area contributed by atoms with Crippen molar-refractivity contribution >= 4 is 39.6 Å². The topological polar surface area (TPSA) is 123 Å². The highest BCUT2D eigenvalue weighted by atomic mass is 16.5. The predicted octanol–water partition coefficient (Wildman–Crippen LogP) is 9.48. The van der Waals surface area contributed by atoms with Crippen LogP contribution in [0, 0.1) is 0 Å². The molecule has 47 heavy (non-hydrogen) atoms. The first kappa shape index (κ1) is 35.1. The molecule has 5 N–H and O–H groups in total. The largest absolute Gasteiger partial charge is 0.506 e. The maximum atomic E-state index is 13.5. The van der Waals surface area contributed by atoms with Crippen molar-refractivity contribution in [2.45, 2.75) is 84.0 Å². The van der Waals surface area contributed by atoms with E-state index in [0.29, 0.717) is 45.9 Å². The lowest BCUT2D eigenvalue weighted by molar-refractivity contribution is -0.118. The van der Waals surface area contributed by atoms with E-state index in [4.69, 9.17) is 15.2 Å². The molecule has 0 aliphatic rings. The van der Waals surface area contributed by atoms with Crippen LogP contribution < -0.4 is 25.8 Å². The van der Waals surface area contributed by atoms with E-state index in [-0.39, 0.29) is 23.8 Å². The monoisotopic (exact) mass is 639 g/mol. The van der Waals surface area contributed by atoms with E-state index < -0.39 is 5.91 Å². The zero-order chi connectivity index (χ0) is 33.3. The number of unbranched alkanes of at least 4 members (excludes halogenated alkanes) is 11. The summed E-state index contributed by atoms with van der Waals surface area (Å²) in [4.78, 5) is 26.1. The summed E-state index contributed by atoms with van der Waals surface area (Å²) in [5.74, 6) is -0.206. The van der Waals surface area contributed by atoms with Crippen LogP contribution in [-0.2, 0) is 4.79 Å². The SMILES string of the molecule is CCCCCCCCCCCCCCOc1ccccc1NC(=O)c1cc(OCC(=O)Nc2ccc(N)cc2)c2ccccc2c1O. The van der Waals surface area contributed by atoms with Crippen LogP contribution in [0.2, 0.25) is 0 Å². The molecule has 0 aliphatic heterocycles. The van der Waals surface area contributed by atoms with Gasteiger partial charge in [0.2, 0.25) is 0 Å². The van der Waals surface area contributed by atoms with Crippen LogP contribution in [0.25, 0.3) is 10.8 Å². The quantitative estimate of drug-likeness (QED) is 0.0564. The van der Waals surface area contributed by atoms with Crippen LogP contribution in [0.4, 0.5) is 17.1 Å². The highest BCUT2D eigenvalue weighted by Gasteiger charge is 2.20. The summed E-state index contributed by atoms with van der Waals surface area (Å²) in [6.07, 6.45) is 15.3. The molecule has 4 aromatic rings. The lowest BCUT2D eigenvalue weighted by Crippen LogP contribution is -2.20. The van der Waals surface area contributed by atoms with Crippen LogP contribution >= 0.6 is 0 Å². The molecule has 0 aromatic heterocycles. The Morgan fingerprint density at radius 3 is 1.96 bits per heavy atom. The number of hydrogen-bond donors (Lipinski definition) is 4. The third-order valence-corrected chi connectivity index (χ3v) is 8.17. The number of benzene rings is 4. The Hall–Kier alpha value is -4.72. The van der Waals surface area contributed by atoms with Gasteiger partial charge in [0.15, 0.2) is 6.61 Å². The second kappa shape index (κ2) is 19.1. The van der Waals surface area contributed by atoms with Crippen LogP contribution in [0.1, 0.15) is 94.3 Å². The summed E-state index contributed by atoms with van der Waals surface area (Å²) in [5, 5.41) is 17.7. The van der Waals surface area contributed by atoms with E-state index in [9.17, 15) is 14.7 Å². The van der Waals surface area contributed by atoms with Crippen molar-refractivity contribution in [2.24, 2.45) is 0 Å². The van der Waals surface area contributed by atoms with Gasteiger partial charge in [-0.2, -0.15) is 0 Å². The van der Waals surface area contributed by atoms with Crippen LogP contribution in [-0.4, -0.2) is 30.1 Å². The molecule has 4 aromatic carbocycles. The Morgan fingerprint density at radius 1 is 0.681 bits per heavy atom. The van der Waals surface area contributed by atoms with Crippen LogP contribution in [0.3, 0.4) is 0 Å². The summed E-state index contributed by atoms with van der Waals surface area (Å²) in [5.41, 5.74) is 7.43. The van der Waals surface area contributed by atoms with E-state index in [0.717, 1.165) is 12.8 Å². The van der Waals surface area contributed by atoms with E-state index in [1.807, 2.05) is 18.2 Å². The van der Waals surface area contributed by atoms with Gasteiger partial charge >= 0.3 is 0 Å². The van der Waals surface area contributed by atoms with Gasteiger partial charge in [0.1, 0.15) is 17.2 Å². The van der Waals surface area contributed by atoms with Crippen molar-refractivity contribution in [3.8, 4) is 17.2 Å². The third-order valence-electron chi connectivity index (χ3n) is 8.17. The third kappa shape index (κ3) is 11.2. The number of ether oxygens (including phenoxy) is 2. The number of para-hydroxylation sites is 2. The summed E-state index contributed by atoms with van der Waals surface area (Å²) in [7, 11) is 0. The fourth-order valence-corrected chi connectivity index (χ4v) is 5.54. The number of phenols is 1. The average Bonchev–Trinajstić information content (AvgIpc) is 3.08. The summed E-state index contributed by atoms with van der Waals surface area (Å²) >= 11 is 0. The Labute approximate surface area is 278 Å². The molecule has 0 saturated heterocycles. The number of anilines is 3. The van der Waals surface area contributed by atoms with E-state index in [1.54, 1.807) is 54.6 Å². The normalized spacial score (nSPS) is 10.9. The zero-order valence-corrected chi connectivity index (χ0v) is 27.6. The van der Waals surface area contributed by atoms with Crippen LogP contribution in [0.15, 0.2) is 78.9 Å². The highest BCUT2D eigenvalue weighted by Crippen LogP contribution is 2.37. The Morgan fingerprint density at radius 2 is 1.28 bits per heavy atom. The highest BCUT2D eigenvalue weighted by molar-refractivity contribution is 6.11. The maximum absolute atomic E-state index is 13.5. The molecule has 250 valence electrons. The van der Waals surface area contributed by atoms with Crippen molar-refractivity contribution in [1.82, 2.24) is 0 Å². The molecule has 0 radical (unpaired) electrons. The number of rotatable bonds is 20. The van der Waals surface area contributed by atoms with Crippen molar-refractivity contribution in [3.63, 3.8) is 0 Å². The molecule has 4 rings (SSSR count). The van der Waals surface area contributed by atoms with Gasteiger partial charge in [-0.1, -0.05) is 114 Å². The number of fused-ring (bicyclic) bond motifs is 1. The molecular weight excluding hydrogens is 590 g/mol. The smallest absolute Gasteiger partial charge is 0.262 e. The number of carbonyl (C=O) groups excluding carboxylic acids is 2. The molecule has 0 aliphatic carbocycles. The predicted molar refractivity (Wildman–Crippen MR) is 192 cm³/mol. The van der Waals surface area contributed by atoms with Gasteiger partial charge in [0.05, 0.1) is 17.9 Å². The standard InChI is InChI=1S/C39H49N3O5/c1-2-3-4-5-6-7-8-9-10-11-12-17-26-46-35-21-16-15-20-34(35)42-39(45)33-27-36(31-18-13-14-19-32(31)38(33)44)47-28-37(43)41-30-24-22-29(40)23-25-30/h13-16,18-25,27,44H,2-12,17,26,28,40H2,1H3,(H,41,43)(H,42,45). The van der Waals surface area contributed by atoms with E-state index >= 15 is 0 Å². The van der Waals surface area contributed by atoms with E-state index in [2.05, 4.69) is 17.6 Å². The van der Waals surface area contributed by atoms with Crippen molar-refractivity contribution in [3.05, 3.63) is 84.4 Å². The maximum Gasteiger partial charge on any atom is 0.262 e. The van der Waals surface area contributed by atoms with Gasteiger partial charge in [0.25, 0.3) is 11.8 Å². The minimum Gasteiger partial charge on any atom is -0.506 e. The Bertz CT molecular complexity index is 1570. The molecule has 0 unspecified atom stereocenters.